The van der Waals surface area contributed by atoms with Gasteiger partial charge in [-0.3, -0.25) is 10.1 Å². The zero-order valence-corrected chi connectivity index (χ0v) is 12.9. The fourth-order valence-corrected chi connectivity index (χ4v) is 3.69. The van der Waals surface area contributed by atoms with Crippen molar-refractivity contribution in [2.75, 3.05) is 6.54 Å². The van der Waals surface area contributed by atoms with Gasteiger partial charge in [0.15, 0.2) is 0 Å². The monoisotopic (exact) mass is 284 g/mol. The Kier molecular flexibility index (Phi) is 2.90. The van der Waals surface area contributed by atoms with Crippen molar-refractivity contribution in [3.8, 4) is 0 Å². The smallest absolute Gasteiger partial charge is 0.244 e. The summed E-state index contributed by atoms with van der Waals surface area (Å²) in [6.07, 6.45) is 4.76. The SMILES string of the molecule is Cc1cccc(C2NC3(CC3)C(=O)N2CC(C)C2CC2)c1. The van der Waals surface area contributed by atoms with E-state index in [0.29, 0.717) is 11.8 Å². The van der Waals surface area contributed by atoms with Crippen molar-refractivity contribution in [1.29, 1.82) is 0 Å². The second-order valence-corrected chi connectivity index (χ2v) is 7.32. The van der Waals surface area contributed by atoms with Crippen molar-refractivity contribution < 1.29 is 4.79 Å². The van der Waals surface area contributed by atoms with Crippen molar-refractivity contribution in [2.24, 2.45) is 11.8 Å². The lowest BCUT2D eigenvalue weighted by molar-refractivity contribution is -0.131. The lowest BCUT2D eigenvalue weighted by atomic mass is 10.0. The normalized spacial score (nSPS) is 28.2. The van der Waals surface area contributed by atoms with Crippen LogP contribution in [0.3, 0.4) is 0 Å². The molecular weight excluding hydrogens is 260 g/mol. The topological polar surface area (TPSA) is 32.3 Å². The zero-order valence-electron chi connectivity index (χ0n) is 12.9. The number of carbonyl (C=O) groups is 1. The van der Waals surface area contributed by atoms with Gasteiger partial charge < -0.3 is 4.90 Å². The largest absolute Gasteiger partial charge is 0.321 e. The second kappa shape index (κ2) is 4.57. The average molecular weight is 284 g/mol. The molecule has 3 fully saturated rings. The Labute approximate surface area is 126 Å². The van der Waals surface area contributed by atoms with E-state index < -0.39 is 0 Å². The van der Waals surface area contributed by atoms with Crippen LogP contribution in [0.5, 0.6) is 0 Å². The number of amides is 1. The number of hydrogen-bond donors (Lipinski definition) is 1. The van der Waals surface area contributed by atoms with E-state index in [4.69, 9.17) is 0 Å². The Morgan fingerprint density at radius 3 is 2.76 bits per heavy atom. The van der Waals surface area contributed by atoms with E-state index in [0.717, 1.165) is 25.3 Å². The molecule has 112 valence electrons. The van der Waals surface area contributed by atoms with Gasteiger partial charge in [0.1, 0.15) is 11.7 Å². The fraction of sp³-hybridized carbons (Fsp3) is 0.611. The van der Waals surface area contributed by atoms with E-state index in [-0.39, 0.29) is 11.7 Å². The Balaban J connectivity index is 1.61. The number of nitrogens with zero attached hydrogens (tertiary/aromatic N) is 1. The van der Waals surface area contributed by atoms with Crippen molar-refractivity contribution in [3.05, 3.63) is 35.4 Å². The predicted octanol–water partition coefficient (Wildman–Crippen LogP) is 3.00. The van der Waals surface area contributed by atoms with Gasteiger partial charge in [-0.25, -0.2) is 0 Å². The van der Waals surface area contributed by atoms with Crippen molar-refractivity contribution in [1.82, 2.24) is 10.2 Å². The maximum Gasteiger partial charge on any atom is 0.244 e. The summed E-state index contributed by atoms with van der Waals surface area (Å²) in [5.74, 6) is 1.80. The number of nitrogens with one attached hydrogen (secondary N) is 1. The Morgan fingerprint density at radius 1 is 1.38 bits per heavy atom. The first-order valence-electron chi connectivity index (χ1n) is 8.24. The molecule has 2 aliphatic carbocycles. The summed E-state index contributed by atoms with van der Waals surface area (Å²) in [6, 6.07) is 8.57. The van der Waals surface area contributed by atoms with E-state index in [2.05, 4.69) is 48.3 Å². The quantitative estimate of drug-likeness (QED) is 0.922. The van der Waals surface area contributed by atoms with Crippen molar-refractivity contribution in [3.63, 3.8) is 0 Å². The Morgan fingerprint density at radius 2 is 2.14 bits per heavy atom. The van der Waals surface area contributed by atoms with E-state index in [9.17, 15) is 4.79 Å². The summed E-state index contributed by atoms with van der Waals surface area (Å²) >= 11 is 0. The lowest BCUT2D eigenvalue weighted by Crippen LogP contribution is -2.35. The maximum absolute atomic E-state index is 12.8. The van der Waals surface area contributed by atoms with Crippen LogP contribution in [0.25, 0.3) is 0 Å². The van der Waals surface area contributed by atoms with Crippen molar-refractivity contribution >= 4 is 5.91 Å². The van der Waals surface area contributed by atoms with Gasteiger partial charge in [-0.05, 0) is 50.0 Å². The third-order valence-electron chi connectivity index (χ3n) is 5.41. The summed E-state index contributed by atoms with van der Waals surface area (Å²) in [5, 5.41) is 3.63. The van der Waals surface area contributed by atoms with Gasteiger partial charge in [-0.15, -0.1) is 0 Å². The minimum Gasteiger partial charge on any atom is -0.321 e. The van der Waals surface area contributed by atoms with Crippen LogP contribution >= 0.6 is 0 Å². The standard InChI is InChI=1S/C18H24N2O/c1-12-4-3-5-15(10-12)16-19-18(8-9-18)17(21)20(16)11-13(2)14-6-7-14/h3-5,10,13-14,16,19H,6-9,11H2,1-2H3. The van der Waals surface area contributed by atoms with Crippen LogP contribution in [-0.2, 0) is 4.79 Å². The summed E-state index contributed by atoms with van der Waals surface area (Å²) in [4.78, 5) is 14.9. The van der Waals surface area contributed by atoms with Crippen LogP contribution in [0.1, 0.15) is 49.9 Å². The average Bonchev–Trinajstić information content (AvgIpc) is 3.35. The maximum atomic E-state index is 12.8. The fourth-order valence-electron chi connectivity index (χ4n) is 3.69. The van der Waals surface area contributed by atoms with Gasteiger partial charge in [0.25, 0.3) is 0 Å². The van der Waals surface area contributed by atoms with Gasteiger partial charge >= 0.3 is 0 Å². The predicted molar refractivity (Wildman–Crippen MR) is 82.6 cm³/mol. The highest BCUT2D eigenvalue weighted by molar-refractivity contribution is 5.92. The van der Waals surface area contributed by atoms with Crippen LogP contribution in [0.2, 0.25) is 0 Å². The van der Waals surface area contributed by atoms with Gasteiger partial charge in [0.2, 0.25) is 5.91 Å². The highest BCUT2D eigenvalue weighted by Crippen LogP contribution is 2.47. The molecule has 2 atom stereocenters. The summed E-state index contributed by atoms with van der Waals surface area (Å²) in [6.45, 7) is 5.32. The summed E-state index contributed by atoms with van der Waals surface area (Å²) in [5.41, 5.74) is 2.27. The molecule has 1 heterocycles. The molecule has 0 bridgehead atoms. The van der Waals surface area contributed by atoms with Gasteiger partial charge in [0, 0.05) is 6.54 Å². The molecule has 1 aliphatic heterocycles. The third-order valence-corrected chi connectivity index (χ3v) is 5.41. The van der Waals surface area contributed by atoms with Crippen LogP contribution < -0.4 is 5.32 Å². The molecule has 3 nitrogen and oxygen atoms in total. The summed E-state index contributed by atoms with van der Waals surface area (Å²) in [7, 11) is 0. The third kappa shape index (κ3) is 2.28. The molecule has 1 N–H and O–H groups in total. The van der Waals surface area contributed by atoms with Crippen LogP contribution in [-0.4, -0.2) is 22.9 Å². The van der Waals surface area contributed by atoms with Gasteiger partial charge in [-0.1, -0.05) is 36.8 Å². The minimum atomic E-state index is -0.225. The number of aryl methyl sites for hydroxylation is 1. The van der Waals surface area contributed by atoms with Crippen LogP contribution in [0.4, 0.5) is 0 Å². The van der Waals surface area contributed by atoms with Gasteiger partial charge in [-0.2, -0.15) is 0 Å². The van der Waals surface area contributed by atoms with E-state index in [1.807, 2.05) is 0 Å². The molecule has 3 aliphatic rings. The molecule has 1 amide bonds. The minimum absolute atomic E-state index is 0.0705. The molecular formula is C18H24N2O. The van der Waals surface area contributed by atoms with E-state index in [1.54, 1.807) is 0 Å². The van der Waals surface area contributed by atoms with Crippen molar-refractivity contribution in [2.45, 2.75) is 51.2 Å². The molecule has 2 saturated carbocycles. The lowest BCUT2D eigenvalue weighted by Gasteiger charge is -2.27. The molecule has 3 heteroatoms. The first kappa shape index (κ1) is 13.3. The first-order valence-corrected chi connectivity index (χ1v) is 8.24. The number of carbonyl (C=O) groups excluding carboxylic acids is 1. The molecule has 0 radical (unpaired) electrons. The number of rotatable bonds is 4. The number of hydrogen-bond acceptors (Lipinski definition) is 2. The molecule has 0 aromatic heterocycles. The second-order valence-electron chi connectivity index (χ2n) is 7.32. The van der Waals surface area contributed by atoms with Crippen LogP contribution in [0, 0.1) is 18.8 Å². The van der Waals surface area contributed by atoms with Crippen LogP contribution in [0.15, 0.2) is 24.3 Å². The molecule has 4 rings (SSSR count). The van der Waals surface area contributed by atoms with Gasteiger partial charge in [0.05, 0.1) is 0 Å². The Bertz CT molecular complexity index is 574. The molecule has 21 heavy (non-hydrogen) atoms. The first-order chi connectivity index (χ1) is 10.1. The number of benzene rings is 1. The van der Waals surface area contributed by atoms with E-state index in [1.165, 1.54) is 24.0 Å². The summed E-state index contributed by atoms with van der Waals surface area (Å²) < 4.78 is 0. The highest BCUT2D eigenvalue weighted by Gasteiger charge is 2.59. The highest BCUT2D eigenvalue weighted by atomic mass is 16.2. The zero-order chi connectivity index (χ0) is 14.6. The molecule has 1 aromatic carbocycles. The molecule has 1 spiro atoms. The molecule has 1 aromatic rings. The molecule has 1 saturated heterocycles. The molecule has 2 unspecified atom stereocenters. The van der Waals surface area contributed by atoms with E-state index >= 15 is 0 Å². The Hall–Kier alpha value is -1.35.